The van der Waals surface area contributed by atoms with Crippen molar-refractivity contribution in [3.05, 3.63) is 0 Å². The van der Waals surface area contributed by atoms with Gasteiger partial charge in [-0.05, 0) is 77.0 Å². The van der Waals surface area contributed by atoms with Crippen LogP contribution in [-0.4, -0.2) is 35.8 Å². The molecule has 0 N–H and O–H groups in total. The van der Waals surface area contributed by atoms with Crippen molar-refractivity contribution < 1.29 is 101 Å². The van der Waals surface area contributed by atoms with Crippen molar-refractivity contribution in [1.29, 1.82) is 0 Å². The normalized spacial score (nSPS) is 10.7. The van der Waals surface area contributed by atoms with E-state index in [1.807, 2.05) is 0 Å². The molecule has 0 fully saturated rings. The van der Waals surface area contributed by atoms with Gasteiger partial charge in [0.1, 0.15) is 0 Å². The minimum atomic E-state index is -0.903. The van der Waals surface area contributed by atoms with E-state index < -0.39 is 35.8 Å². The molecule has 12 nitrogen and oxygen atoms in total. The number of hydrogen-bond acceptors (Lipinski definition) is 12. The molecule has 0 aliphatic rings. The Morgan fingerprint density at radius 1 is 0.115 bits per heavy atom. The van der Waals surface area contributed by atoms with Crippen LogP contribution < -0.4 is 30.6 Å². The average Bonchev–Trinajstić information content (AvgIpc) is 1.20. The molecule has 720 valence electrons. The Morgan fingerprint density at radius 3 is 0.213 bits per heavy atom. The molecule has 0 atom stereocenters. The summed E-state index contributed by atoms with van der Waals surface area (Å²) in [6.45, 7) is 13.6. The maximum atomic E-state index is 10.2. The molecular weight excluding hydrogens is 1600 g/mol. The van der Waals surface area contributed by atoms with Gasteiger partial charge < -0.3 is 59.4 Å². The van der Waals surface area contributed by atoms with Gasteiger partial charge in [-0.15, -0.1) is 0 Å². The van der Waals surface area contributed by atoms with Gasteiger partial charge in [0.2, 0.25) is 0 Å². The minimum absolute atomic E-state index is 0. The van der Waals surface area contributed by atoms with Crippen molar-refractivity contribution in [1.82, 2.24) is 0 Å². The van der Waals surface area contributed by atoms with Gasteiger partial charge in [-0.1, -0.05) is 581 Å². The van der Waals surface area contributed by atoms with Crippen molar-refractivity contribution in [2.24, 2.45) is 0 Å². The number of unbranched alkanes of at least 4 members (excludes halogenated alkanes) is 84. The van der Waals surface area contributed by atoms with Gasteiger partial charge in [0.15, 0.2) is 0 Å². The third kappa shape index (κ3) is 162. The number of carboxylic acid groups (broad SMARTS) is 6. The van der Waals surface area contributed by atoms with Crippen LogP contribution in [0.3, 0.4) is 0 Å². The van der Waals surface area contributed by atoms with Crippen molar-refractivity contribution >= 4 is 35.8 Å². The van der Waals surface area contributed by atoms with Crippen LogP contribution in [-0.2, 0) is 70.0 Å². The molecule has 14 heteroatoms. The Bertz CT molecular complexity index is 1570. The van der Waals surface area contributed by atoms with Gasteiger partial charge in [0, 0.05) is 35.8 Å². The molecule has 0 amide bonds. The number of aliphatic carboxylic acids is 6. The molecule has 0 rings (SSSR count). The number of rotatable bonds is 96. The summed E-state index contributed by atoms with van der Waals surface area (Å²) >= 11 is 0. The maximum absolute atomic E-state index is 10.2. The summed E-state index contributed by atoms with van der Waals surface area (Å²) < 4.78 is 0. The molecule has 0 saturated carbocycles. The van der Waals surface area contributed by atoms with Crippen LogP contribution >= 0.6 is 0 Å². The van der Waals surface area contributed by atoms with E-state index in [0.29, 0.717) is 0 Å². The second kappa shape index (κ2) is 132. The van der Waals surface area contributed by atoms with Crippen molar-refractivity contribution in [3.8, 4) is 0 Å². The third-order valence-corrected chi connectivity index (χ3v) is 23.9. The van der Waals surface area contributed by atoms with Crippen LogP contribution in [0, 0.1) is 0 Å². The fourth-order valence-corrected chi connectivity index (χ4v) is 15.8. The van der Waals surface area contributed by atoms with Crippen LogP contribution in [0.2, 0.25) is 0 Å². The summed E-state index contributed by atoms with van der Waals surface area (Å²) in [5.41, 5.74) is 0. The van der Waals surface area contributed by atoms with Crippen LogP contribution in [0.4, 0.5) is 0 Å². The Hall–Kier alpha value is -1.84. The molecule has 0 radical (unpaired) electrons. The number of carbonyl (C=O) groups excluding carboxylic acids is 6. The van der Waals surface area contributed by atoms with E-state index in [1.165, 1.54) is 501 Å². The first-order valence-corrected chi connectivity index (χ1v) is 53.8. The summed E-state index contributed by atoms with van der Waals surface area (Å²) in [7, 11) is 0. The van der Waals surface area contributed by atoms with Crippen LogP contribution in [0.1, 0.15) is 658 Å². The Balaban J connectivity index is -0.000000212. The van der Waals surface area contributed by atoms with Crippen molar-refractivity contribution in [3.63, 3.8) is 0 Å². The predicted molar refractivity (Wildman–Crippen MR) is 507 cm³/mol. The first-order valence-electron chi connectivity index (χ1n) is 53.8. The van der Waals surface area contributed by atoms with Crippen LogP contribution in [0.5, 0.6) is 0 Å². The second-order valence-electron chi connectivity index (χ2n) is 36.4. The van der Waals surface area contributed by atoms with E-state index >= 15 is 0 Å². The monoisotopic (exact) mass is 1810 g/mol. The fraction of sp³-hybridized carbons (Fsp3) is 0.944. The van der Waals surface area contributed by atoms with Crippen molar-refractivity contribution in [2.45, 2.75) is 658 Å². The Labute approximate surface area is 788 Å². The van der Waals surface area contributed by atoms with E-state index in [2.05, 4.69) is 41.5 Å². The second-order valence-corrected chi connectivity index (χ2v) is 36.4. The van der Waals surface area contributed by atoms with Gasteiger partial charge in [-0.25, -0.2) is 0 Å². The Morgan fingerprint density at radius 2 is 0.164 bits per heavy atom. The average molecular weight is 1810 g/mol. The molecule has 0 heterocycles. The SMILES string of the molecule is CCCCCCCCCCCCCCCCCC(=O)[O-].CCCCCCCCCCCCCCCCCC(=O)[O-].CCCCCCCCCCCCCCCCCC(=O)[O-].CCCCCCCCCCCCCCCCCC(=O)[O-].CCCCCCCCCCCCCCCCCC(=O)[O-].CCCCCCCCCCCCCCCCCC(=O)[O-].[Ti+4].[Zn+2]. The van der Waals surface area contributed by atoms with E-state index in [0.717, 1.165) is 77.0 Å². The number of carboxylic acids is 6. The topological polar surface area (TPSA) is 241 Å². The summed E-state index contributed by atoms with van der Waals surface area (Å²) in [4.78, 5) is 61.3. The predicted octanol–water partition coefficient (Wildman–Crippen LogP) is 30.0. The zero-order valence-corrected chi connectivity index (χ0v) is 87.5. The number of hydrogen-bond donors (Lipinski definition) is 0. The number of carbonyl (C=O) groups is 6. The van der Waals surface area contributed by atoms with Gasteiger partial charge >= 0.3 is 41.2 Å². The molecule has 0 aromatic heterocycles. The van der Waals surface area contributed by atoms with Crippen molar-refractivity contribution in [2.75, 3.05) is 0 Å². The molecule has 0 saturated heterocycles. The van der Waals surface area contributed by atoms with E-state index in [4.69, 9.17) is 0 Å². The van der Waals surface area contributed by atoms with Gasteiger partial charge in [-0.3, -0.25) is 0 Å². The fourth-order valence-electron chi connectivity index (χ4n) is 15.8. The summed E-state index contributed by atoms with van der Waals surface area (Å²) in [5, 5.41) is 61.3. The Kier molecular flexibility index (Phi) is 147. The molecule has 0 unspecified atom stereocenters. The summed E-state index contributed by atoms with van der Waals surface area (Å²) in [5.74, 6) is -5.42. The zero-order chi connectivity index (χ0) is 89.3. The molecule has 0 aromatic rings. The molecule has 122 heavy (non-hydrogen) atoms. The zero-order valence-electron chi connectivity index (χ0n) is 83.0. The molecule has 0 aromatic carbocycles. The van der Waals surface area contributed by atoms with E-state index in [9.17, 15) is 59.4 Å². The van der Waals surface area contributed by atoms with E-state index in [1.54, 1.807) is 0 Å². The molecule has 0 bridgehead atoms. The maximum Gasteiger partial charge on any atom is 4.00 e. The standard InChI is InChI=1S/6C18H36O2.Ti.Zn/c6*1-2-3-4-5-6-7-8-9-10-11-12-13-14-15-16-17-18(19)20;;/h6*2-17H2,1H3,(H,19,20);;/q;;;;;;+4;+2/p-6. The molecule has 0 aliphatic heterocycles. The smallest absolute Gasteiger partial charge is 0.550 e. The van der Waals surface area contributed by atoms with Gasteiger partial charge in [0.25, 0.3) is 0 Å². The molecular formula is C108H210O12TiZn. The van der Waals surface area contributed by atoms with E-state index in [-0.39, 0.29) is 79.7 Å². The van der Waals surface area contributed by atoms with Crippen LogP contribution in [0.15, 0.2) is 0 Å². The van der Waals surface area contributed by atoms with Crippen LogP contribution in [0.25, 0.3) is 0 Å². The molecule has 0 aliphatic carbocycles. The largest absolute Gasteiger partial charge is 4.00 e. The summed E-state index contributed by atoms with van der Waals surface area (Å²) in [6.07, 6.45) is 119. The minimum Gasteiger partial charge on any atom is -0.550 e. The first kappa shape index (κ1) is 136. The van der Waals surface area contributed by atoms with Gasteiger partial charge in [0.05, 0.1) is 0 Å². The molecule has 0 spiro atoms. The quantitative estimate of drug-likeness (QED) is 0.0408. The third-order valence-electron chi connectivity index (χ3n) is 23.9. The first-order chi connectivity index (χ1) is 58.6. The summed E-state index contributed by atoms with van der Waals surface area (Å²) in [6, 6.07) is 0. The van der Waals surface area contributed by atoms with Gasteiger partial charge in [-0.2, -0.15) is 0 Å².